The highest BCUT2D eigenvalue weighted by Gasteiger charge is 2.42. The van der Waals surface area contributed by atoms with Crippen LogP contribution in [0, 0.1) is 5.92 Å². The first-order valence-electron chi connectivity index (χ1n) is 8.78. The van der Waals surface area contributed by atoms with Gasteiger partial charge in [-0.2, -0.15) is 0 Å². The summed E-state index contributed by atoms with van der Waals surface area (Å²) in [6.45, 7) is 1.63. The van der Waals surface area contributed by atoms with Crippen molar-refractivity contribution in [3.63, 3.8) is 0 Å². The number of carboxylic acids is 1. The maximum absolute atomic E-state index is 12.8. The van der Waals surface area contributed by atoms with Crippen molar-refractivity contribution in [1.82, 2.24) is 4.90 Å². The lowest BCUT2D eigenvalue weighted by Crippen LogP contribution is -2.44. The molecule has 0 bridgehead atoms. The van der Waals surface area contributed by atoms with Gasteiger partial charge in [0, 0.05) is 31.3 Å². The Morgan fingerprint density at radius 1 is 1.15 bits per heavy atom. The number of rotatable bonds is 3. The van der Waals surface area contributed by atoms with Crippen molar-refractivity contribution in [2.45, 2.75) is 25.3 Å². The molecule has 3 heterocycles. The van der Waals surface area contributed by atoms with E-state index >= 15 is 0 Å². The van der Waals surface area contributed by atoms with E-state index in [1.165, 1.54) is 4.90 Å². The molecule has 1 aromatic carbocycles. The maximum atomic E-state index is 12.8. The standard InChI is InChI=1S/C18H20N2O6/c21-16-8-11(17(22)19-5-1-2-13(19)18(23)24)10-20(16)12-3-4-14-15(9-12)26-7-6-25-14/h3-4,9,11,13H,1-2,5-8,10H2,(H,23,24)/t11?,13-/m0/s1. The molecule has 2 saturated heterocycles. The molecule has 1 N–H and O–H groups in total. The van der Waals surface area contributed by atoms with Crippen molar-refractivity contribution in [2.24, 2.45) is 5.92 Å². The Morgan fingerprint density at radius 2 is 1.92 bits per heavy atom. The van der Waals surface area contributed by atoms with E-state index in [0.717, 1.165) is 0 Å². The predicted molar refractivity (Wildman–Crippen MR) is 90.3 cm³/mol. The molecule has 8 nitrogen and oxygen atoms in total. The van der Waals surface area contributed by atoms with Crippen LogP contribution in [0.3, 0.4) is 0 Å². The van der Waals surface area contributed by atoms with Gasteiger partial charge in [0.1, 0.15) is 19.3 Å². The van der Waals surface area contributed by atoms with Gasteiger partial charge in [-0.25, -0.2) is 4.79 Å². The molecule has 0 aromatic heterocycles. The van der Waals surface area contributed by atoms with Crippen molar-refractivity contribution in [2.75, 3.05) is 31.2 Å². The molecule has 26 heavy (non-hydrogen) atoms. The number of nitrogens with zero attached hydrogens (tertiary/aromatic N) is 2. The number of ether oxygens (including phenoxy) is 2. The molecule has 0 radical (unpaired) electrons. The third-order valence-electron chi connectivity index (χ3n) is 5.13. The van der Waals surface area contributed by atoms with Gasteiger partial charge in [0.25, 0.3) is 0 Å². The van der Waals surface area contributed by atoms with Crippen LogP contribution in [0.1, 0.15) is 19.3 Å². The van der Waals surface area contributed by atoms with Crippen molar-refractivity contribution >= 4 is 23.5 Å². The molecule has 138 valence electrons. The molecule has 0 aliphatic carbocycles. The van der Waals surface area contributed by atoms with Crippen LogP contribution in [0.25, 0.3) is 0 Å². The Labute approximate surface area is 150 Å². The van der Waals surface area contributed by atoms with E-state index in [2.05, 4.69) is 0 Å². The Kier molecular flexibility index (Phi) is 4.18. The smallest absolute Gasteiger partial charge is 0.326 e. The van der Waals surface area contributed by atoms with Crippen molar-refractivity contribution < 1.29 is 29.0 Å². The predicted octanol–water partition coefficient (Wildman–Crippen LogP) is 0.886. The number of carbonyl (C=O) groups excluding carboxylic acids is 2. The topological polar surface area (TPSA) is 96.4 Å². The van der Waals surface area contributed by atoms with Crippen molar-refractivity contribution in [3.8, 4) is 11.5 Å². The van der Waals surface area contributed by atoms with Gasteiger partial charge >= 0.3 is 5.97 Å². The molecule has 0 spiro atoms. The SMILES string of the molecule is O=C(O)[C@@H]1CCCN1C(=O)C1CC(=O)N(c2ccc3c(c2)OCCO3)C1. The van der Waals surface area contributed by atoms with Gasteiger partial charge < -0.3 is 24.4 Å². The molecule has 1 unspecified atom stereocenters. The quantitative estimate of drug-likeness (QED) is 0.860. The lowest BCUT2D eigenvalue weighted by atomic mass is 10.1. The number of anilines is 1. The highest BCUT2D eigenvalue weighted by molar-refractivity contribution is 6.01. The average molecular weight is 360 g/mol. The first-order chi connectivity index (χ1) is 12.5. The summed E-state index contributed by atoms with van der Waals surface area (Å²) >= 11 is 0. The molecule has 2 fully saturated rings. The van der Waals surface area contributed by atoms with Gasteiger partial charge in [0.2, 0.25) is 11.8 Å². The molecule has 1 aromatic rings. The number of aliphatic carboxylic acids is 1. The van der Waals surface area contributed by atoms with E-state index in [1.807, 2.05) is 0 Å². The minimum absolute atomic E-state index is 0.0934. The molecule has 3 aliphatic rings. The first-order valence-corrected chi connectivity index (χ1v) is 8.78. The summed E-state index contributed by atoms with van der Waals surface area (Å²) in [5.41, 5.74) is 0.658. The lowest BCUT2D eigenvalue weighted by molar-refractivity contribution is -0.149. The van der Waals surface area contributed by atoms with E-state index in [0.29, 0.717) is 49.8 Å². The normalized spacial score (nSPS) is 24.8. The van der Waals surface area contributed by atoms with Crippen molar-refractivity contribution in [1.29, 1.82) is 0 Å². The third-order valence-corrected chi connectivity index (χ3v) is 5.13. The van der Waals surface area contributed by atoms with Crippen LogP contribution in [0.4, 0.5) is 5.69 Å². The Bertz CT molecular complexity index is 764. The minimum Gasteiger partial charge on any atom is -0.486 e. The Hall–Kier alpha value is -2.77. The van der Waals surface area contributed by atoms with Crippen molar-refractivity contribution in [3.05, 3.63) is 18.2 Å². The highest BCUT2D eigenvalue weighted by Crippen LogP contribution is 2.36. The van der Waals surface area contributed by atoms with Crippen LogP contribution in [0.15, 0.2) is 18.2 Å². The summed E-state index contributed by atoms with van der Waals surface area (Å²) in [6.07, 6.45) is 1.24. The highest BCUT2D eigenvalue weighted by atomic mass is 16.6. The second-order valence-corrected chi connectivity index (χ2v) is 6.76. The lowest BCUT2D eigenvalue weighted by Gasteiger charge is -2.25. The zero-order chi connectivity index (χ0) is 18.3. The second kappa shape index (κ2) is 6.51. The largest absolute Gasteiger partial charge is 0.486 e. The Balaban J connectivity index is 1.50. The number of amides is 2. The van der Waals surface area contributed by atoms with Crippen LogP contribution in [-0.4, -0.2) is 60.1 Å². The number of carbonyl (C=O) groups is 3. The number of likely N-dealkylation sites (tertiary alicyclic amines) is 1. The molecule has 2 atom stereocenters. The maximum Gasteiger partial charge on any atom is 0.326 e. The summed E-state index contributed by atoms with van der Waals surface area (Å²) in [5, 5.41) is 9.27. The fourth-order valence-electron chi connectivity index (χ4n) is 3.84. The van der Waals surface area contributed by atoms with E-state index in [1.54, 1.807) is 23.1 Å². The minimum atomic E-state index is -0.983. The second-order valence-electron chi connectivity index (χ2n) is 6.76. The number of hydrogen-bond acceptors (Lipinski definition) is 5. The van der Waals surface area contributed by atoms with Gasteiger partial charge in [0.15, 0.2) is 11.5 Å². The molecular formula is C18H20N2O6. The molecule has 4 rings (SSSR count). The van der Waals surface area contributed by atoms with Crippen LogP contribution >= 0.6 is 0 Å². The number of hydrogen-bond donors (Lipinski definition) is 1. The van der Waals surface area contributed by atoms with Gasteiger partial charge in [-0.05, 0) is 25.0 Å². The summed E-state index contributed by atoms with van der Waals surface area (Å²) in [6, 6.07) is 4.50. The van der Waals surface area contributed by atoms with E-state index in [-0.39, 0.29) is 24.8 Å². The summed E-state index contributed by atoms with van der Waals surface area (Å²) < 4.78 is 11.0. The van der Waals surface area contributed by atoms with Crippen LogP contribution < -0.4 is 14.4 Å². The monoisotopic (exact) mass is 360 g/mol. The first kappa shape index (κ1) is 16.7. The summed E-state index contributed by atoms with van der Waals surface area (Å²) in [5.74, 6) is -0.670. The number of benzene rings is 1. The zero-order valence-electron chi connectivity index (χ0n) is 14.2. The van der Waals surface area contributed by atoms with E-state index in [4.69, 9.17) is 9.47 Å². The van der Waals surface area contributed by atoms with Crippen LogP contribution in [0.5, 0.6) is 11.5 Å². The van der Waals surface area contributed by atoms with E-state index in [9.17, 15) is 19.5 Å². The molecule has 0 saturated carbocycles. The fourth-order valence-corrected chi connectivity index (χ4v) is 3.84. The summed E-state index contributed by atoms with van der Waals surface area (Å²) in [4.78, 5) is 39.5. The van der Waals surface area contributed by atoms with E-state index < -0.39 is 17.9 Å². The summed E-state index contributed by atoms with van der Waals surface area (Å²) in [7, 11) is 0. The van der Waals surface area contributed by atoms with Gasteiger partial charge in [-0.1, -0.05) is 0 Å². The molecular weight excluding hydrogens is 340 g/mol. The van der Waals surface area contributed by atoms with Gasteiger partial charge in [-0.15, -0.1) is 0 Å². The number of carboxylic acid groups (broad SMARTS) is 1. The Morgan fingerprint density at radius 3 is 2.69 bits per heavy atom. The average Bonchev–Trinajstić information content (AvgIpc) is 3.27. The molecule has 3 aliphatic heterocycles. The third kappa shape index (κ3) is 2.85. The van der Waals surface area contributed by atoms with Crippen LogP contribution in [0.2, 0.25) is 0 Å². The van der Waals surface area contributed by atoms with Crippen LogP contribution in [-0.2, 0) is 14.4 Å². The van der Waals surface area contributed by atoms with Gasteiger partial charge in [0.05, 0.1) is 5.92 Å². The van der Waals surface area contributed by atoms with Gasteiger partial charge in [-0.3, -0.25) is 9.59 Å². The number of fused-ring (bicyclic) bond motifs is 1. The fraction of sp³-hybridized carbons (Fsp3) is 0.500. The molecule has 2 amide bonds. The zero-order valence-corrected chi connectivity index (χ0v) is 14.2. The molecule has 8 heteroatoms.